The Kier molecular flexibility index (Phi) is 4.58. The molecule has 0 saturated carbocycles. The number of ether oxygens (including phenoxy) is 3. The molecule has 0 bridgehead atoms. The largest absolute Gasteiger partial charge is 0.484 e. The number of amides is 2. The van der Waals surface area contributed by atoms with Crippen LogP contribution in [0, 0.1) is 0 Å². The van der Waals surface area contributed by atoms with E-state index >= 15 is 0 Å². The maximum absolute atomic E-state index is 12.2. The predicted octanol–water partition coefficient (Wildman–Crippen LogP) is 2.56. The Morgan fingerprint density at radius 2 is 2.04 bits per heavy atom. The molecule has 0 aliphatic carbocycles. The maximum atomic E-state index is 12.2. The quantitative estimate of drug-likeness (QED) is 0.847. The standard InChI is InChI=1S/C20H20N2O5/c1-12(13-2-6-17-18(9-13)27-11-26-17)21-20(24)10-25-15-4-5-16-14(8-15)3-7-19(23)22-16/h2,4-6,8-9,12H,3,7,10-11H2,1H3,(H,21,24)(H,22,23). The summed E-state index contributed by atoms with van der Waals surface area (Å²) in [5.41, 5.74) is 2.75. The van der Waals surface area contributed by atoms with E-state index in [9.17, 15) is 9.59 Å². The van der Waals surface area contributed by atoms with Crippen molar-refractivity contribution in [3.05, 3.63) is 47.5 Å². The number of carbonyl (C=O) groups excluding carboxylic acids is 2. The van der Waals surface area contributed by atoms with E-state index in [1.165, 1.54) is 0 Å². The Morgan fingerprint density at radius 1 is 1.19 bits per heavy atom. The van der Waals surface area contributed by atoms with Crippen molar-refractivity contribution in [1.29, 1.82) is 0 Å². The van der Waals surface area contributed by atoms with Crippen LogP contribution in [-0.2, 0) is 16.0 Å². The van der Waals surface area contributed by atoms with Gasteiger partial charge >= 0.3 is 0 Å². The number of hydrogen-bond acceptors (Lipinski definition) is 5. The summed E-state index contributed by atoms with van der Waals surface area (Å²) < 4.78 is 16.3. The monoisotopic (exact) mass is 368 g/mol. The molecule has 7 heteroatoms. The van der Waals surface area contributed by atoms with Crippen LogP contribution in [-0.4, -0.2) is 25.2 Å². The zero-order chi connectivity index (χ0) is 18.8. The van der Waals surface area contributed by atoms with Gasteiger partial charge in [0.05, 0.1) is 6.04 Å². The number of fused-ring (bicyclic) bond motifs is 2. The zero-order valence-corrected chi connectivity index (χ0v) is 14.9. The Bertz CT molecular complexity index is 896. The second kappa shape index (κ2) is 7.19. The summed E-state index contributed by atoms with van der Waals surface area (Å²) in [4.78, 5) is 23.6. The van der Waals surface area contributed by atoms with Crippen molar-refractivity contribution >= 4 is 17.5 Å². The minimum Gasteiger partial charge on any atom is -0.484 e. The SMILES string of the molecule is CC(NC(=O)COc1ccc2c(c1)CCC(=O)N2)c1ccc2c(c1)OCO2. The highest BCUT2D eigenvalue weighted by Crippen LogP contribution is 2.34. The molecule has 7 nitrogen and oxygen atoms in total. The summed E-state index contributed by atoms with van der Waals surface area (Å²) in [6.45, 7) is 2.04. The fraction of sp³-hybridized carbons (Fsp3) is 0.300. The predicted molar refractivity (Wildman–Crippen MR) is 98.0 cm³/mol. The van der Waals surface area contributed by atoms with Crippen LogP contribution in [0.25, 0.3) is 0 Å². The molecule has 4 rings (SSSR count). The molecule has 0 saturated heterocycles. The fourth-order valence-corrected chi connectivity index (χ4v) is 3.15. The second-order valence-corrected chi connectivity index (χ2v) is 6.56. The number of aryl methyl sites for hydroxylation is 1. The molecule has 2 aliphatic rings. The average Bonchev–Trinajstić information content (AvgIpc) is 3.14. The van der Waals surface area contributed by atoms with E-state index in [4.69, 9.17) is 14.2 Å². The lowest BCUT2D eigenvalue weighted by atomic mass is 10.0. The second-order valence-electron chi connectivity index (χ2n) is 6.56. The molecule has 0 aromatic heterocycles. The molecule has 27 heavy (non-hydrogen) atoms. The Hall–Kier alpha value is -3.22. The van der Waals surface area contributed by atoms with E-state index in [1.54, 1.807) is 12.1 Å². The van der Waals surface area contributed by atoms with Gasteiger partial charge in [0.15, 0.2) is 18.1 Å². The van der Waals surface area contributed by atoms with Gasteiger partial charge in [-0.05, 0) is 54.8 Å². The first-order chi connectivity index (χ1) is 13.1. The molecule has 2 N–H and O–H groups in total. The summed E-state index contributed by atoms with van der Waals surface area (Å²) >= 11 is 0. The lowest BCUT2D eigenvalue weighted by Gasteiger charge is -2.18. The van der Waals surface area contributed by atoms with Gasteiger partial charge in [-0.15, -0.1) is 0 Å². The zero-order valence-electron chi connectivity index (χ0n) is 14.9. The Balaban J connectivity index is 1.32. The van der Waals surface area contributed by atoms with Crippen LogP contribution in [0.15, 0.2) is 36.4 Å². The highest BCUT2D eigenvalue weighted by atomic mass is 16.7. The van der Waals surface area contributed by atoms with Crippen molar-refractivity contribution < 1.29 is 23.8 Å². The van der Waals surface area contributed by atoms with Crippen molar-refractivity contribution in [3.63, 3.8) is 0 Å². The van der Waals surface area contributed by atoms with E-state index < -0.39 is 0 Å². The minimum atomic E-state index is -0.216. The summed E-state index contributed by atoms with van der Waals surface area (Å²) in [5.74, 6) is 1.81. The van der Waals surface area contributed by atoms with Gasteiger partial charge in [-0.3, -0.25) is 9.59 Å². The molecule has 2 aromatic carbocycles. The third-order valence-electron chi connectivity index (χ3n) is 4.62. The molecule has 2 aromatic rings. The minimum absolute atomic E-state index is 0.0213. The fourth-order valence-electron chi connectivity index (χ4n) is 3.15. The van der Waals surface area contributed by atoms with Crippen molar-refractivity contribution in [2.75, 3.05) is 18.7 Å². The molecule has 2 aliphatic heterocycles. The summed E-state index contributed by atoms with van der Waals surface area (Å²) in [6, 6.07) is 10.8. The van der Waals surface area contributed by atoms with Crippen molar-refractivity contribution in [2.45, 2.75) is 25.8 Å². The molecule has 2 amide bonds. The molecule has 1 unspecified atom stereocenters. The average molecular weight is 368 g/mol. The number of anilines is 1. The summed E-state index contributed by atoms with van der Waals surface area (Å²) in [6.07, 6.45) is 1.13. The van der Waals surface area contributed by atoms with Crippen LogP contribution in [0.5, 0.6) is 17.2 Å². The van der Waals surface area contributed by atoms with Crippen molar-refractivity contribution in [1.82, 2.24) is 5.32 Å². The normalized spacial score (nSPS) is 15.5. The van der Waals surface area contributed by atoms with Gasteiger partial charge in [-0.25, -0.2) is 0 Å². The lowest BCUT2D eigenvalue weighted by Crippen LogP contribution is -2.31. The molecule has 0 radical (unpaired) electrons. The number of rotatable bonds is 5. The lowest BCUT2D eigenvalue weighted by molar-refractivity contribution is -0.123. The van der Waals surface area contributed by atoms with Gasteiger partial charge in [0, 0.05) is 12.1 Å². The van der Waals surface area contributed by atoms with Crippen molar-refractivity contribution in [2.24, 2.45) is 0 Å². The first kappa shape index (κ1) is 17.2. The van der Waals surface area contributed by atoms with E-state index in [-0.39, 0.29) is 31.3 Å². The molecule has 0 fully saturated rings. The van der Waals surface area contributed by atoms with E-state index in [1.807, 2.05) is 31.2 Å². The molecule has 0 spiro atoms. The van der Waals surface area contributed by atoms with Gasteiger partial charge in [0.1, 0.15) is 5.75 Å². The van der Waals surface area contributed by atoms with Gasteiger partial charge in [0.25, 0.3) is 5.91 Å². The van der Waals surface area contributed by atoms with E-state index in [2.05, 4.69) is 10.6 Å². The molecular formula is C20H20N2O5. The third kappa shape index (κ3) is 3.81. The highest BCUT2D eigenvalue weighted by Gasteiger charge is 2.18. The molecule has 2 heterocycles. The van der Waals surface area contributed by atoms with E-state index in [0.717, 1.165) is 16.8 Å². The maximum Gasteiger partial charge on any atom is 0.258 e. The molecule has 1 atom stereocenters. The number of carbonyl (C=O) groups is 2. The van der Waals surface area contributed by atoms with Gasteiger partial charge < -0.3 is 24.8 Å². The number of hydrogen-bond donors (Lipinski definition) is 2. The summed E-state index contributed by atoms with van der Waals surface area (Å²) in [7, 11) is 0. The van der Waals surface area contributed by atoms with Crippen LogP contribution in [0.2, 0.25) is 0 Å². The smallest absolute Gasteiger partial charge is 0.258 e. The van der Waals surface area contributed by atoms with Gasteiger partial charge in [0.2, 0.25) is 12.7 Å². The molecule has 140 valence electrons. The topological polar surface area (TPSA) is 85.9 Å². The Labute approximate surface area is 156 Å². The van der Waals surface area contributed by atoms with Crippen LogP contribution in [0.3, 0.4) is 0 Å². The number of nitrogens with one attached hydrogen (secondary N) is 2. The first-order valence-corrected chi connectivity index (χ1v) is 8.83. The van der Waals surface area contributed by atoms with E-state index in [0.29, 0.717) is 30.1 Å². The summed E-state index contributed by atoms with van der Waals surface area (Å²) in [5, 5.41) is 5.73. The number of benzene rings is 2. The van der Waals surface area contributed by atoms with Crippen LogP contribution < -0.4 is 24.8 Å². The van der Waals surface area contributed by atoms with Crippen LogP contribution in [0.4, 0.5) is 5.69 Å². The first-order valence-electron chi connectivity index (χ1n) is 8.83. The molecular weight excluding hydrogens is 348 g/mol. The highest BCUT2D eigenvalue weighted by molar-refractivity contribution is 5.94. The van der Waals surface area contributed by atoms with Gasteiger partial charge in [-0.2, -0.15) is 0 Å². The Morgan fingerprint density at radius 3 is 2.93 bits per heavy atom. The van der Waals surface area contributed by atoms with Crippen molar-refractivity contribution in [3.8, 4) is 17.2 Å². The van der Waals surface area contributed by atoms with Crippen LogP contribution >= 0.6 is 0 Å². The van der Waals surface area contributed by atoms with Gasteiger partial charge in [-0.1, -0.05) is 6.07 Å². The third-order valence-corrected chi connectivity index (χ3v) is 4.62. The van der Waals surface area contributed by atoms with Crippen LogP contribution in [0.1, 0.15) is 30.5 Å².